The van der Waals surface area contributed by atoms with Gasteiger partial charge in [0.1, 0.15) is 5.75 Å². The van der Waals surface area contributed by atoms with Crippen LogP contribution in [-0.2, 0) is 0 Å². The first-order valence-electron chi connectivity index (χ1n) is 8.85. The van der Waals surface area contributed by atoms with Gasteiger partial charge < -0.3 is 9.64 Å². The van der Waals surface area contributed by atoms with Crippen molar-refractivity contribution in [3.8, 4) is 5.75 Å². The third-order valence-corrected chi connectivity index (χ3v) is 5.74. The van der Waals surface area contributed by atoms with Gasteiger partial charge in [-0.2, -0.15) is 0 Å². The number of likely N-dealkylation sites (tertiary alicyclic amines) is 1. The lowest BCUT2D eigenvalue weighted by atomic mass is 9.87. The summed E-state index contributed by atoms with van der Waals surface area (Å²) in [4.78, 5) is 2.75. The summed E-state index contributed by atoms with van der Waals surface area (Å²) < 4.78 is 5.54. The molecular formula is C19H28ClNO. The Morgan fingerprint density at radius 3 is 2.32 bits per heavy atom. The second kappa shape index (κ2) is 7.70. The second-order valence-electron chi connectivity index (χ2n) is 6.84. The number of hydrogen-bond acceptors (Lipinski definition) is 2. The Balaban J connectivity index is 1.62. The lowest BCUT2D eigenvalue weighted by Crippen LogP contribution is -2.40. The lowest BCUT2D eigenvalue weighted by Gasteiger charge is -2.37. The molecule has 1 saturated carbocycles. The van der Waals surface area contributed by atoms with E-state index in [1.165, 1.54) is 70.0 Å². The number of piperidine rings is 1. The van der Waals surface area contributed by atoms with E-state index in [1.807, 2.05) is 12.1 Å². The highest BCUT2D eigenvalue weighted by molar-refractivity contribution is 6.30. The predicted molar refractivity (Wildman–Crippen MR) is 93.0 cm³/mol. The summed E-state index contributed by atoms with van der Waals surface area (Å²) in [6.45, 7) is 2.45. The monoisotopic (exact) mass is 321 g/mol. The van der Waals surface area contributed by atoms with Crippen molar-refractivity contribution in [2.24, 2.45) is 0 Å². The van der Waals surface area contributed by atoms with Crippen LogP contribution in [0.1, 0.15) is 62.8 Å². The molecule has 1 aliphatic carbocycles. The van der Waals surface area contributed by atoms with Gasteiger partial charge >= 0.3 is 0 Å². The number of rotatable bonds is 3. The maximum atomic E-state index is 6.20. The third kappa shape index (κ3) is 3.78. The zero-order chi connectivity index (χ0) is 15.4. The molecule has 0 N–H and O–H groups in total. The molecule has 122 valence electrons. The summed E-state index contributed by atoms with van der Waals surface area (Å²) in [6.07, 6.45) is 11.0. The average Bonchev–Trinajstić information content (AvgIpc) is 2.84. The van der Waals surface area contributed by atoms with Crippen LogP contribution in [0.2, 0.25) is 5.02 Å². The molecule has 2 nitrogen and oxygen atoms in total. The average molecular weight is 322 g/mol. The van der Waals surface area contributed by atoms with Gasteiger partial charge in [0.15, 0.2) is 0 Å². The summed E-state index contributed by atoms with van der Waals surface area (Å²) in [5.74, 6) is 1.59. The van der Waals surface area contributed by atoms with Gasteiger partial charge in [0, 0.05) is 11.1 Å². The van der Waals surface area contributed by atoms with Gasteiger partial charge in [0.05, 0.1) is 7.11 Å². The molecule has 2 aliphatic rings. The Hall–Kier alpha value is -0.730. The second-order valence-corrected chi connectivity index (χ2v) is 7.28. The van der Waals surface area contributed by atoms with E-state index < -0.39 is 0 Å². The topological polar surface area (TPSA) is 12.5 Å². The van der Waals surface area contributed by atoms with E-state index in [2.05, 4.69) is 11.0 Å². The van der Waals surface area contributed by atoms with Crippen LogP contribution in [0.15, 0.2) is 18.2 Å². The molecule has 1 aromatic rings. The summed E-state index contributed by atoms with van der Waals surface area (Å²) in [6, 6.07) is 6.87. The SMILES string of the molecule is COc1ccc(Cl)cc1C1CCN(C2CCCCCC2)CC1. The van der Waals surface area contributed by atoms with E-state index in [4.69, 9.17) is 16.3 Å². The molecule has 3 heteroatoms. The van der Waals surface area contributed by atoms with E-state index in [1.54, 1.807) is 7.11 Å². The largest absolute Gasteiger partial charge is 0.496 e. The number of hydrogen-bond donors (Lipinski definition) is 0. The van der Waals surface area contributed by atoms with E-state index in [-0.39, 0.29) is 0 Å². The maximum Gasteiger partial charge on any atom is 0.122 e. The van der Waals surface area contributed by atoms with Gasteiger partial charge in [0.25, 0.3) is 0 Å². The first-order valence-corrected chi connectivity index (χ1v) is 9.23. The van der Waals surface area contributed by atoms with Gasteiger partial charge in [-0.25, -0.2) is 0 Å². The fraction of sp³-hybridized carbons (Fsp3) is 0.684. The zero-order valence-electron chi connectivity index (χ0n) is 13.7. The highest BCUT2D eigenvalue weighted by Crippen LogP contribution is 2.37. The summed E-state index contributed by atoms with van der Waals surface area (Å²) in [5.41, 5.74) is 1.30. The molecule has 22 heavy (non-hydrogen) atoms. The first-order chi connectivity index (χ1) is 10.8. The minimum Gasteiger partial charge on any atom is -0.496 e. The van der Waals surface area contributed by atoms with E-state index >= 15 is 0 Å². The quantitative estimate of drug-likeness (QED) is 0.705. The Labute approximate surface area is 139 Å². The van der Waals surface area contributed by atoms with Crippen molar-refractivity contribution in [3.05, 3.63) is 28.8 Å². The van der Waals surface area contributed by atoms with E-state index in [0.717, 1.165) is 16.8 Å². The standard InChI is InChI=1S/C19H28ClNO/c1-22-19-9-8-16(20)14-18(19)15-10-12-21(13-11-15)17-6-4-2-3-5-7-17/h8-9,14-15,17H,2-7,10-13H2,1H3. The Bertz CT molecular complexity index is 474. The van der Waals surface area contributed by atoms with Crippen molar-refractivity contribution >= 4 is 11.6 Å². The fourth-order valence-electron chi connectivity index (χ4n) is 4.22. The van der Waals surface area contributed by atoms with Crippen molar-refractivity contribution in [1.29, 1.82) is 0 Å². The van der Waals surface area contributed by atoms with Crippen molar-refractivity contribution in [2.75, 3.05) is 20.2 Å². The van der Waals surface area contributed by atoms with Crippen molar-refractivity contribution in [3.63, 3.8) is 0 Å². The molecule has 0 spiro atoms. The molecule has 0 unspecified atom stereocenters. The first kappa shape index (κ1) is 16.1. The molecule has 1 aromatic carbocycles. The van der Waals surface area contributed by atoms with Crippen LogP contribution < -0.4 is 4.74 Å². The third-order valence-electron chi connectivity index (χ3n) is 5.50. The minimum atomic E-state index is 0.593. The Kier molecular flexibility index (Phi) is 5.65. The van der Waals surface area contributed by atoms with Gasteiger partial charge in [-0.15, -0.1) is 0 Å². The molecule has 3 rings (SSSR count). The number of methoxy groups -OCH3 is 1. The number of benzene rings is 1. The van der Waals surface area contributed by atoms with Crippen molar-refractivity contribution in [1.82, 2.24) is 4.90 Å². The van der Waals surface area contributed by atoms with Gasteiger partial charge in [0.2, 0.25) is 0 Å². The minimum absolute atomic E-state index is 0.593. The van der Waals surface area contributed by atoms with Crippen molar-refractivity contribution in [2.45, 2.75) is 63.3 Å². The molecule has 1 saturated heterocycles. The summed E-state index contributed by atoms with van der Waals surface area (Å²) in [7, 11) is 1.76. The normalized spacial score (nSPS) is 22.5. The Morgan fingerprint density at radius 1 is 1.00 bits per heavy atom. The van der Waals surface area contributed by atoms with Crippen LogP contribution in [0.4, 0.5) is 0 Å². The van der Waals surface area contributed by atoms with Crippen LogP contribution in [0, 0.1) is 0 Å². The molecule has 2 fully saturated rings. The highest BCUT2D eigenvalue weighted by Gasteiger charge is 2.27. The van der Waals surface area contributed by atoms with Crippen LogP contribution in [0.25, 0.3) is 0 Å². The molecule has 0 bridgehead atoms. The smallest absolute Gasteiger partial charge is 0.122 e. The molecule has 1 heterocycles. The van der Waals surface area contributed by atoms with Gasteiger partial charge in [-0.05, 0) is 68.5 Å². The summed E-state index contributed by atoms with van der Waals surface area (Å²) in [5, 5.41) is 0.821. The van der Waals surface area contributed by atoms with E-state index in [9.17, 15) is 0 Å². The van der Waals surface area contributed by atoms with E-state index in [0.29, 0.717) is 5.92 Å². The van der Waals surface area contributed by atoms with Crippen molar-refractivity contribution < 1.29 is 4.74 Å². The maximum absolute atomic E-state index is 6.20. The summed E-state index contributed by atoms with van der Waals surface area (Å²) >= 11 is 6.20. The lowest BCUT2D eigenvalue weighted by molar-refractivity contribution is 0.138. The van der Waals surface area contributed by atoms with Crippen LogP contribution in [0.5, 0.6) is 5.75 Å². The fourth-order valence-corrected chi connectivity index (χ4v) is 4.40. The van der Waals surface area contributed by atoms with Gasteiger partial charge in [-0.1, -0.05) is 37.3 Å². The molecule has 0 atom stereocenters. The Morgan fingerprint density at radius 2 is 1.68 bits per heavy atom. The van der Waals surface area contributed by atoms with Crippen LogP contribution in [-0.4, -0.2) is 31.1 Å². The molecule has 0 amide bonds. The molecule has 0 aromatic heterocycles. The van der Waals surface area contributed by atoms with Gasteiger partial charge in [-0.3, -0.25) is 0 Å². The van der Waals surface area contributed by atoms with Crippen LogP contribution >= 0.6 is 11.6 Å². The highest BCUT2D eigenvalue weighted by atomic mass is 35.5. The zero-order valence-corrected chi connectivity index (χ0v) is 14.4. The number of halogens is 1. The number of nitrogens with zero attached hydrogens (tertiary/aromatic N) is 1. The molecular weight excluding hydrogens is 294 g/mol. The number of ether oxygens (including phenoxy) is 1. The predicted octanol–water partition coefficient (Wildman–Crippen LogP) is 5.25. The van der Waals surface area contributed by atoms with Crippen LogP contribution in [0.3, 0.4) is 0 Å². The molecule has 1 aliphatic heterocycles. The molecule has 0 radical (unpaired) electrons.